The number of methoxy groups -OCH3 is 1. The number of allylic oxidation sites excluding steroid dienone is 1. The van der Waals surface area contributed by atoms with E-state index in [9.17, 15) is 9.59 Å². The van der Waals surface area contributed by atoms with Gasteiger partial charge in [-0.15, -0.1) is 0 Å². The fourth-order valence-electron chi connectivity index (χ4n) is 5.30. The maximum atomic E-state index is 13.2. The van der Waals surface area contributed by atoms with E-state index in [0.717, 1.165) is 68.4 Å². The SMILES string of the molecule is COc1ccc(NC2=NC3Nc4cnc(OCC=O)c(c4)N(C)CCC/C=C\CNC(=O)C3C=N2)cc1N1CCN(C)CC1. The smallest absolute Gasteiger partial charge is 0.238 e. The Labute approximate surface area is 258 Å². The molecule has 1 amide bonds. The Morgan fingerprint density at radius 1 is 1.09 bits per heavy atom. The molecule has 0 aliphatic carbocycles. The lowest BCUT2D eigenvalue weighted by Crippen LogP contribution is -2.44. The molecule has 0 radical (unpaired) electrons. The molecule has 44 heavy (non-hydrogen) atoms. The third kappa shape index (κ3) is 7.64. The van der Waals surface area contributed by atoms with Crippen molar-refractivity contribution in [2.24, 2.45) is 15.9 Å². The highest BCUT2D eigenvalue weighted by Crippen LogP contribution is 2.33. The minimum absolute atomic E-state index is 0.0914. The summed E-state index contributed by atoms with van der Waals surface area (Å²) < 4.78 is 11.3. The van der Waals surface area contributed by atoms with Crippen molar-refractivity contribution in [2.45, 2.75) is 19.0 Å². The number of ether oxygens (including phenoxy) is 2. The first kappa shape index (κ1) is 30.8. The van der Waals surface area contributed by atoms with Gasteiger partial charge in [-0.1, -0.05) is 12.2 Å². The zero-order valence-electron chi connectivity index (χ0n) is 25.5. The zero-order valence-corrected chi connectivity index (χ0v) is 25.5. The molecule has 1 aromatic carbocycles. The van der Waals surface area contributed by atoms with E-state index < -0.39 is 12.1 Å². The van der Waals surface area contributed by atoms with Crippen LogP contribution in [-0.4, -0.2) is 107 Å². The summed E-state index contributed by atoms with van der Waals surface area (Å²) in [6.07, 6.45) is 9.03. The van der Waals surface area contributed by atoms with Gasteiger partial charge in [-0.05, 0) is 44.2 Å². The number of anilines is 4. The molecule has 2 aromatic rings. The van der Waals surface area contributed by atoms with Gasteiger partial charge in [0.2, 0.25) is 17.7 Å². The van der Waals surface area contributed by atoms with Gasteiger partial charge in [-0.25, -0.2) is 15.0 Å². The minimum atomic E-state index is -0.666. The molecule has 3 N–H and O–H groups in total. The number of carbonyl (C=O) groups excluding carboxylic acids is 2. The number of aldehydes is 1. The van der Waals surface area contributed by atoms with Crippen molar-refractivity contribution in [1.82, 2.24) is 15.2 Å². The van der Waals surface area contributed by atoms with Crippen LogP contribution >= 0.6 is 0 Å². The third-order valence-corrected chi connectivity index (χ3v) is 7.81. The summed E-state index contributed by atoms with van der Waals surface area (Å²) in [7, 11) is 5.77. The first-order valence-electron chi connectivity index (χ1n) is 14.9. The van der Waals surface area contributed by atoms with E-state index in [1.165, 1.54) is 0 Å². The van der Waals surface area contributed by atoms with Gasteiger partial charge in [0.1, 0.15) is 30.1 Å². The van der Waals surface area contributed by atoms with Crippen molar-refractivity contribution in [3.63, 3.8) is 0 Å². The summed E-state index contributed by atoms with van der Waals surface area (Å²) in [5, 5.41) is 9.68. The van der Waals surface area contributed by atoms with Crippen LogP contribution < -0.4 is 35.2 Å². The van der Waals surface area contributed by atoms with Crippen LogP contribution in [-0.2, 0) is 9.59 Å². The molecular weight excluding hydrogens is 562 g/mol. The van der Waals surface area contributed by atoms with Crippen LogP contribution in [0.15, 0.2) is 52.6 Å². The molecule has 3 aliphatic heterocycles. The van der Waals surface area contributed by atoms with E-state index in [0.29, 0.717) is 30.4 Å². The predicted octanol–water partition coefficient (Wildman–Crippen LogP) is 2.23. The average Bonchev–Trinajstić information content (AvgIpc) is 3.04. The number of hydrogen-bond donors (Lipinski definition) is 3. The average molecular weight is 604 g/mol. The first-order chi connectivity index (χ1) is 21.4. The van der Waals surface area contributed by atoms with Gasteiger partial charge in [-0.3, -0.25) is 9.59 Å². The van der Waals surface area contributed by atoms with Crippen LogP contribution in [0.25, 0.3) is 0 Å². The Kier molecular flexibility index (Phi) is 10.3. The molecule has 2 unspecified atom stereocenters. The molecule has 13 nitrogen and oxygen atoms in total. The molecule has 2 bridgehead atoms. The maximum absolute atomic E-state index is 13.2. The predicted molar refractivity (Wildman–Crippen MR) is 174 cm³/mol. The van der Waals surface area contributed by atoms with E-state index in [-0.39, 0.29) is 12.5 Å². The van der Waals surface area contributed by atoms with Gasteiger partial charge < -0.3 is 40.1 Å². The number of carbonyl (C=O) groups is 2. The fourth-order valence-corrected chi connectivity index (χ4v) is 5.30. The van der Waals surface area contributed by atoms with Crippen LogP contribution in [0.3, 0.4) is 0 Å². The Morgan fingerprint density at radius 3 is 2.73 bits per heavy atom. The van der Waals surface area contributed by atoms with Gasteiger partial charge in [0, 0.05) is 58.2 Å². The molecule has 13 heteroatoms. The number of aliphatic imine (C=N–C) groups is 2. The highest BCUT2D eigenvalue weighted by Gasteiger charge is 2.30. The molecule has 4 heterocycles. The summed E-state index contributed by atoms with van der Waals surface area (Å²) in [5.41, 5.74) is 3.20. The highest BCUT2D eigenvalue weighted by molar-refractivity contribution is 6.05. The summed E-state index contributed by atoms with van der Waals surface area (Å²) in [5.74, 6) is 0.688. The number of benzene rings is 1. The fraction of sp³-hybridized carbons (Fsp3) is 0.452. The molecule has 0 saturated carbocycles. The Morgan fingerprint density at radius 2 is 1.93 bits per heavy atom. The highest BCUT2D eigenvalue weighted by atomic mass is 16.5. The Bertz CT molecular complexity index is 1400. The topological polar surface area (TPSA) is 136 Å². The van der Waals surface area contributed by atoms with Crippen LogP contribution in [0.4, 0.5) is 22.7 Å². The number of nitrogens with one attached hydrogen (secondary N) is 3. The van der Waals surface area contributed by atoms with Crippen molar-refractivity contribution in [3.8, 4) is 11.6 Å². The lowest BCUT2D eigenvalue weighted by Gasteiger charge is -2.35. The number of nitrogens with zero attached hydrogens (tertiary/aromatic N) is 6. The van der Waals surface area contributed by atoms with Crippen LogP contribution in [0.1, 0.15) is 12.8 Å². The number of hydrogen-bond acceptors (Lipinski definition) is 12. The van der Waals surface area contributed by atoms with Crippen molar-refractivity contribution in [3.05, 3.63) is 42.6 Å². The molecule has 1 aromatic heterocycles. The first-order valence-corrected chi connectivity index (χ1v) is 14.9. The second-order valence-corrected chi connectivity index (χ2v) is 11.0. The molecule has 3 aliphatic rings. The molecule has 1 saturated heterocycles. The van der Waals surface area contributed by atoms with Gasteiger partial charge in [-0.2, -0.15) is 0 Å². The molecule has 0 spiro atoms. The van der Waals surface area contributed by atoms with E-state index in [1.54, 1.807) is 19.5 Å². The standard InChI is InChI=1S/C31H41N9O4/c1-38-12-14-40(15-13-38)25-18-22(8-9-27(25)43-3)36-31-34-21-24-28(37-31)35-23-19-26(30(33-20-23)44-17-16-41)39(2)11-7-5-4-6-10-32-29(24)42/h4,6,8-9,16,18-21,24,28,35H,5,7,10-15,17H2,1-3H3,(H,32,42)(H,36,37)/b6-4-. The summed E-state index contributed by atoms with van der Waals surface area (Å²) >= 11 is 0. The number of guanidine groups is 1. The summed E-state index contributed by atoms with van der Waals surface area (Å²) in [6.45, 7) is 4.83. The molecular formula is C31H41N9O4. The monoisotopic (exact) mass is 603 g/mol. The van der Waals surface area contributed by atoms with Crippen molar-refractivity contribution in [1.29, 1.82) is 0 Å². The normalized spacial score (nSPS) is 21.9. The van der Waals surface area contributed by atoms with Crippen LogP contribution in [0, 0.1) is 5.92 Å². The number of pyridine rings is 1. The summed E-state index contributed by atoms with van der Waals surface area (Å²) in [4.78, 5) is 44.7. The number of aromatic nitrogens is 1. The van der Waals surface area contributed by atoms with Gasteiger partial charge >= 0.3 is 0 Å². The largest absolute Gasteiger partial charge is 0.495 e. The number of piperazine rings is 1. The lowest BCUT2D eigenvalue weighted by atomic mass is 10.1. The van der Waals surface area contributed by atoms with Gasteiger partial charge in [0.05, 0.1) is 24.7 Å². The zero-order chi connectivity index (χ0) is 30.9. The summed E-state index contributed by atoms with van der Waals surface area (Å²) in [6, 6.07) is 7.81. The number of amides is 1. The van der Waals surface area contributed by atoms with E-state index in [4.69, 9.17) is 14.5 Å². The lowest BCUT2D eigenvalue weighted by molar-refractivity contribution is -0.123. The second kappa shape index (κ2) is 14.7. The Hall–Kier alpha value is -4.65. The number of fused-ring (bicyclic) bond motifs is 3. The second-order valence-electron chi connectivity index (χ2n) is 11.0. The third-order valence-electron chi connectivity index (χ3n) is 7.81. The van der Waals surface area contributed by atoms with Crippen molar-refractivity contribution >= 4 is 47.1 Å². The Balaban J connectivity index is 1.42. The molecule has 234 valence electrons. The van der Waals surface area contributed by atoms with Crippen LogP contribution in [0.5, 0.6) is 11.6 Å². The van der Waals surface area contributed by atoms with E-state index >= 15 is 0 Å². The van der Waals surface area contributed by atoms with Crippen LogP contribution in [0.2, 0.25) is 0 Å². The number of likely N-dealkylation sites (N-methyl/N-ethyl adjacent to an activating group) is 1. The van der Waals surface area contributed by atoms with Gasteiger partial charge in [0.15, 0.2) is 6.29 Å². The van der Waals surface area contributed by atoms with E-state index in [1.807, 2.05) is 42.3 Å². The van der Waals surface area contributed by atoms with E-state index in [2.05, 4.69) is 48.9 Å². The van der Waals surface area contributed by atoms with Crippen molar-refractivity contribution < 1.29 is 19.1 Å². The molecule has 5 rings (SSSR count). The van der Waals surface area contributed by atoms with Crippen molar-refractivity contribution in [2.75, 3.05) is 87.5 Å². The molecule has 1 fully saturated rings. The number of rotatable bonds is 6. The van der Waals surface area contributed by atoms with Gasteiger partial charge in [0.25, 0.3) is 0 Å². The quantitative estimate of drug-likeness (QED) is 0.333. The minimum Gasteiger partial charge on any atom is -0.495 e. The maximum Gasteiger partial charge on any atom is 0.238 e. The molecule has 2 atom stereocenters.